The zero-order valence-electron chi connectivity index (χ0n) is 12.3. The lowest BCUT2D eigenvalue weighted by atomic mass is 10.2. The average molecular weight is 370 g/mol. The Morgan fingerprint density at radius 2 is 1.96 bits per heavy atom. The van der Waals surface area contributed by atoms with E-state index >= 15 is 0 Å². The van der Waals surface area contributed by atoms with Crippen LogP contribution in [0.5, 0.6) is 0 Å². The number of carboxylic acid groups (broad SMARTS) is 1. The minimum absolute atomic E-state index is 0.109. The quantitative estimate of drug-likeness (QED) is 0.580. The van der Waals surface area contributed by atoms with Crippen LogP contribution in [-0.4, -0.2) is 41.8 Å². The smallest absolute Gasteiger partial charge is 0.417 e. The van der Waals surface area contributed by atoms with E-state index in [1.165, 1.54) is 6.92 Å². The van der Waals surface area contributed by atoms with Crippen LogP contribution in [0.2, 0.25) is 0 Å². The number of alkyl halides is 3. The van der Waals surface area contributed by atoms with Gasteiger partial charge in [0.25, 0.3) is 5.69 Å². The van der Waals surface area contributed by atoms with Crippen molar-refractivity contribution in [2.75, 3.05) is 13.1 Å². The topological polar surface area (TPSA) is 118 Å². The van der Waals surface area contributed by atoms with Crippen LogP contribution >= 0.6 is 0 Å². The Morgan fingerprint density at radius 1 is 1.38 bits per heavy atom. The number of benzene rings is 1. The maximum Gasteiger partial charge on any atom is 0.417 e. The molecule has 0 atom stereocenters. The zero-order chi connectivity index (χ0) is 18.7. The summed E-state index contributed by atoms with van der Waals surface area (Å²) >= 11 is 0. The molecule has 0 aliphatic rings. The molecule has 0 saturated heterocycles. The number of hydrogen-bond donors (Lipinski definition) is 1. The van der Waals surface area contributed by atoms with Crippen LogP contribution < -0.4 is 0 Å². The summed E-state index contributed by atoms with van der Waals surface area (Å²) in [5, 5.41) is 19.4. The molecule has 12 heteroatoms. The number of nitro groups is 1. The summed E-state index contributed by atoms with van der Waals surface area (Å²) in [5.41, 5.74) is -2.65. The summed E-state index contributed by atoms with van der Waals surface area (Å²) in [7, 11) is -4.80. The first-order valence-electron chi connectivity index (χ1n) is 6.48. The number of halogens is 3. The molecule has 1 aromatic rings. The van der Waals surface area contributed by atoms with Gasteiger partial charge in [-0.2, -0.15) is 17.5 Å². The Morgan fingerprint density at radius 3 is 2.38 bits per heavy atom. The molecule has 0 aliphatic carbocycles. The monoisotopic (exact) mass is 370 g/mol. The van der Waals surface area contributed by atoms with Crippen molar-refractivity contribution in [3.8, 4) is 0 Å². The van der Waals surface area contributed by atoms with E-state index in [0.29, 0.717) is 16.4 Å². The highest BCUT2D eigenvalue weighted by atomic mass is 32.2. The van der Waals surface area contributed by atoms with Gasteiger partial charge in [0, 0.05) is 18.7 Å². The summed E-state index contributed by atoms with van der Waals surface area (Å²) < 4.78 is 64.5. The van der Waals surface area contributed by atoms with Gasteiger partial charge in [-0.25, -0.2) is 8.42 Å². The van der Waals surface area contributed by atoms with Crippen LogP contribution in [0.15, 0.2) is 23.1 Å². The number of carbonyl (C=O) groups is 1. The normalized spacial score (nSPS) is 12.4. The van der Waals surface area contributed by atoms with Crippen LogP contribution in [0.25, 0.3) is 0 Å². The van der Waals surface area contributed by atoms with Gasteiger partial charge in [0.1, 0.15) is 6.54 Å². The molecule has 134 valence electrons. The molecule has 0 saturated carbocycles. The molecule has 0 unspecified atom stereocenters. The van der Waals surface area contributed by atoms with E-state index < -0.39 is 49.8 Å². The Hall–Kier alpha value is -2.21. The molecule has 1 aromatic carbocycles. The van der Waals surface area contributed by atoms with Gasteiger partial charge >= 0.3 is 12.1 Å². The fourth-order valence-corrected chi connectivity index (χ4v) is 3.58. The summed E-state index contributed by atoms with van der Waals surface area (Å²) in [6.07, 6.45) is -5.00. The van der Waals surface area contributed by atoms with Gasteiger partial charge in [-0.3, -0.25) is 14.9 Å². The molecule has 0 amide bonds. The minimum atomic E-state index is -5.17. The molecule has 1 rings (SSSR count). The second kappa shape index (κ2) is 7.13. The van der Waals surface area contributed by atoms with E-state index in [1.807, 2.05) is 0 Å². The highest BCUT2D eigenvalue weighted by Gasteiger charge is 2.40. The molecule has 8 nitrogen and oxygen atoms in total. The second-order valence-electron chi connectivity index (χ2n) is 4.67. The van der Waals surface area contributed by atoms with Crippen LogP contribution in [-0.2, 0) is 21.0 Å². The first-order chi connectivity index (χ1) is 10.9. The van der Waals surface area contributed by atoms with Gasteiger partial charge in [-0.1, -0.05) is 6.92 Å². The second-order valence-corrected chi connectivity index (χ2v) is 6.57. The van der Waals surface area contributed by atoms with E-state index in [1.54, 1.807) is 0 Å². The number of sulfonamides is 1. The lowest BCUT2D eigenvalue weighted by Gasteiger charge is -2.22. The molecule has 0 bridgehead atoms. The minimum Gasteiger partial charge on any atom is -0.480 e. The maximum absolute atomic E-state index is 13.1. The number of aliphatic carboxylic acids is 1. The van der Waals surface area contributed by atoms with Crippen molar-refractivity contribution >= 4 is 21.7 Å². The van der Waals surface area contributed by atoms with Gasteiger partial charge in [0.05, 0.1) is 15.4 Å². The number of nitrogens with zero attached hydrogens (tertiary/aromatic N) is 2. The van der Waals surface area contributed by atoms with Crippen LogP contribution in [0.3, 0.4) is 0 Å². The van der Waals surface area contributed by atoms with Crippen molar-refractivity contribution in [2.24, 2.45) is 0 Å². The SMILES string of the molecule is CCCN(CC(=O)O)S(=O)(=O)c1ccc([N+](=O)[O-])cc1C(F)(F)F. The third kappa shape index (κ3) is 4.41. The molecular formula is C12H13F3N2O6S. The average Bonchev–Trinajstić information content (AvgIpc) is 2.44. The molecule has 0 spiro atoms. The molecule has 0 radical (unpaired) electrons. The molecule has 0 heterocycles. The molecule has 24 heavy (non-hydrogen) atoms. The van der Waals surface area contributed by atoms with Crippen molar-refractivity contribution in [3.63, 3.8) is 0 Å². The number of carboxylic acids is 1. The highest BCUT2D eigenvalue weighted by Crippen LogP contribution is 2.37. The Balaban J connectivity index is 3.57. The fraction of sp³-hybridized carbons (Fsp3) is 0.417. The first kappa shape index (κ1) is 19.8. The van der Waals surface area contributed by atoms with Gasteiger partial charge in [0.15, 0.2) is 0 Å². The lowest BCUT2D eigenvalue weighted by molar-refractivity contribution is -0.385. The van der Waals surface area contributed by atoms with Crippen molar-refractivity contribution in [3.05, 3.63) is 33.9 Å². The predicted octanol–water partition coefficient (Wildman–Crippen LogP) is 2.10. The zero-order valence-corrected chi connectivity index (χ0v) is 13.1. The molecular weight excluding hydrogens is 357 g/mol. The van der Waals surface area contributed by atoms with Gasteiger partial charge in [-0.05, 0) is 12.5 Å². The summed E-state index contributed by atoms with van der Waals surface area (Å²) in [6.45, 7) is 0.179. The summed E-state index contributed by atoms with van der Waals surface area (Å²) in [4.78, 5) is 19.1. The Labute approximate surface area is 134 Å². The highest BCUT2D eigenvalue weighted by molar-refractivity contribution is 7.89. The number of rotatable bonds is 7. The van der Waals surface area contributed by atoms with E-state index in [4.69, 9.17) is 5.11 Å². The number of nitro benzene ring substituents is 1. The molecule has 0 fully saturated rings. The lowest BCUT2D eigenvalue weighted by Crippen LogP contribution is -2.37. The standard InChI is InChI=1S/C12H13F3N2O6S/c1-2-5-16(7-11(18)19)24(22,23)10-4-3-8(17(20)21)6-9(10)12(13,14)15/h3-4,6H,2,5,7H2,1H3,(H,18,19). The third-order valence-corrected chi connectivity index (χ3v) is 4.79. The van der Waals surface area contributed by atoms with Gasteiger partial charge in [0.2, 0.25) is 10.0 Å². The van der Waals surface area contributed by atoms with Crippen LogP contribution in [0.1, 0.15) is 18.9 Å². The van der Waals surface area contributed by atoms with E-state index in [-0.39, 0.29) is 19.0 Å². The largest absolute Gasteiger partial charge is 0.480 e. The van der Waals surface area contributed by atoms with Gasteiger partial charge in [-0.15, -0.1) is 0 Å². The van der Waals surface area contributed by atoms with E-state index in [0.717, 1.165) is 0 Å². The molecule has 0 aliphatic heterocycles. The maximum atomic E-state index is 13.1. The summed E-state index contributed by atoms with van der Waals surface area (Å²) in [6, 6.07) is 1.19. The summed E-state index contributed by atoms with van der Waals surface area (Å²) in [5.74, 6) is -1.54. The Kier molecular flexibility index (Phi) is 5.89. The van der Waals surface area contributed by atoms with Crippen molar-refractivity contribution < 1.29 is 36.4 Å². The van der Waals surface area contributed by atoms with Crippen molar-refractivity contribution in [1.82, 2.24) is 4.31 Å². The van der Waals surface area contributed by atoms with E-state index in [9.17, 15) is 36.5 Å². The fourth-order valence-electron chi connectivity index (χ4n) is 1.90. The molecule has 1 N–H and O–H groups in total. The van der Waals surface area contributed by atoms with Crippen molar-refractivity contribution in [1.29, 1.82) is 0 Å². The number of non-ortho nitro benzene ring substituents is 1. The predicted molar refractivity (Wildman–Crippen MR) is 74.8 cm³/mol. The Bertz CT molecular complexity index is 748. The molecule has 0 aromatic heterocycles. The van der Waals surface area contributed by atoms with Crippen molar-refractivity contribution in [2.45, 2.75) is 24.4 Å². The third-order valence-electron chi connectivity index (χ3n) is 2.88. The van der Waals surface area contributed by atoms with Crippen LogP contribution in [0.4, 0.5) is 18.9 Å². The van der Waals surface area contributed by atoms with E-state index in [2.05, 4.69) is 0 Å². The first-order valence-corrected chi connectivity index (χ1v) is 7.92. The van der Waals surface area contributed by atoms with Crippen LogP contribution in [0, 0.1) is 10.1 Å². The number of hydrogen-bond acceptors (Lipinski definition) is 5. The van der Waals surface area contributed by atoms with Gasteiger partial charge < -0.3 is 5.11 Å².